The molecule has 0 amide bonds. The van der Waals surface area contributed by atoms with Crippen molar-refractivity contribution < 1.29 is 4.39 Å². The van der Waals surface area contributed by atoms with Crippen molar-refractivity contribution in [2.75, 3.05) is 0 Å². The lowest BCUT2D eigenvalue weighted by molar-refractivity contribution is 0.446. The Balaban J connectivity index is 2.10. The zero-order valence-electron chi connectivity index (χ0n) is 9.21. The van der Waals surface area contributed by atoms with E-state index in [1.807, 2.05) is 0 Å². The monoisotopic (exact) mass is 242 g/mol. The molecule has 0 spiro atoms. The van der Waals surface area contributed by atoms with Gasteiger partial charge in [0.1, 0.15) is 5.82 Å². The van der Waals surface area contributed by atoms with E-state index in [1.54, 1.807) is 18.2 Å². The molecule has 1 aliphatic rings. The van der Waals surface area contributed by atoms with Gasteiger partial charge in [0.15, 0.2) is 0 Å². The maximum Gasteiger partial charge on any atom is 0.145 e. The number of hydrogen-bond acceptors (Lipinski definition) is 2. The van der Waals surface area contributed by atoms with Gasteiger partial charge in [0.25, 0.3) is 0 Å². The summed E-state index contributed by atoms with van der Waals surface area (Å²) in [5.41, 5.74) is 3.41. The van der Waals surface area contributed by atoms with Gasteiger partial charge in [-0.15, -0.1) is 0 Å². The Labute approximate surface area is 99.9 Å². The first-order valence-corrected chi connectivity index (χ1v) is 5.90. The number of benzene rings is 1. The van der Waals surface area contributed by atoms with Crippen LogP contribution in [0.3, 0.4) is 0 Å². The Morgan fingerprint density at radius 3 is 2.88 bits per heavy atom. The van der Waals surface area contributed by atoms with E-state index in [9.17, 15) is 4.39 Å². The van der Waals surface area contributed by atoms with Gasteiger partial charge in [-0.1, -0.05) is 30.7 Å². The molecule has 1 aromatic carbocycles. The Morgan fingerprint density at radius 1 is 1.62 bits per heavy atom. The average Bonchev–Trinajstić information content (AvgIpc) is 2.98. The van der Waals surface area contributed by atoms with E-state index in [1.165, 1.54) is 0 Å². The molecule has 1 fully saturated rings. The van der Waals surface area contributed by atoms with Crippen molar-refractivity contribution in [3.63, 3.8) is 0 Å². The lowest BCUT2D eigenvalue weighted by Gasteiger charge is -2.16. The van der Waals surface area contributed by atoms with Crippen LogP contribution in [-0.2, 0) is 6.42 Å². The fraction of sp³-hybridized carbons (Fsp3) is 0.500. The van der Waals surface area contributed by atoms with E-state index in [-0.39, 0.29) is 16.9 Å². The van der Waals surface area contributed by atoms with E-state index in [0.29, 0.717) is 23.8 Å². The lowest BCUT2D eigenvalue weighted by atomic mass is 10.0. The highest BCUT2D eigenvalue weighted by molar-refractivity contribution is 6.30. The molecule has 0 aromatic heterocycles. The maximum absolute atomic E-state index is 13.7. The van der Waals surface area contributed by atoms with Crippen molar-refractivity contribution in [2.45, 2.75) is 25.8 Å². The van der Waals surface area contributed by atoms with Crippen LogP contribution in [0, 0.1) is 17.7 Å². The minimum absolute atomic E-state index is 0.142. The first-order chi connectivity index (χ1) is 7.63. The van der Waals surface area contributed by atoms with Crippen molar-refractivity contribution in [1.29, 1.82) is 0 Å². The predicted molar refractivity (Wildman–Crippen MR) is 63.5 cm³/mol. The summed E-state index contributed by atoms with van der Waals surface area (Å²) in [7, 11) is 0. The highest BCUT2D eigenvalue weighted by Gasteiger charge is 2.39. The van der Waals surface area contributed by atoms with Crippen LogP contribution in [0.1, 0.15) is 18.9 Å². The zero-order valence-corrected chi connectivity index (χ0v) is 9.97. The molecule has 1 saturated carbocycles. The van der Waals surface area contributed by atoms with E-state index >= 15 is 0 Å². The fourth-order valence-electron chi connectivity index (χ4n) is 2.19. The molecule has 3 atom stereocenters. The Hall–Kier alpha value is -0.640. The smallest absolute Gasteiger partial charge is 0.145 e. The molecule has 0 radical (unpaired) electrons. The first-order valence-electron chi connectivity index (χ1n) is 5.52. The molecule has 0 aliphatic heterocycles. The molecule has 0 bridgehead atoms. The normalized spacial score (nSPS) is 25.5. The molecule has 88 valence electrons. The summed E-state index contributed by atoms with van der Waals surface area (Å²) >= 11 is 5.74. The molecule has 2 nitrogen and oxygen atoms in total. The zero-order chi connectivity index (χ0) is 11.7. The van der Waals surface area contributed by atoms with E-state index in [4.69, 9.17) is 17.4 Å². The summed E-state index contributed by atoms with van der Waals surface area (Å²) in [5.74, 6) is 6.43. The van der Waals surface area contributed by atoms with Gasteiger partial charge in [-0.25, -0.2) is 4.39 Å². The van der Waals surface area contributed by atoms with E-state index in [0.717, 1.165) is 6.42 Å². The molecular weight excluding hydrogens is 227 g/mol. The third-order valence-electron chi connectivity index (χ3n) is 3.37. The van der Waals surface area contributed by atoms with Gasteiger partial charge < -0.3 is 0 Å². The van der Waals surface area contributed by atoms with Gasteiger partial charge in [-0.05, 0) is 36.3 Å². The molecule has 1 aliphatic carbocycles. The van der Waals surface area contributed by atoms with Crippen LogP contribution < -0.4 is 11.3 Å². The van der Waals surface area contributed by atoms with Gasteiger partial charge in [0, 0.05) is 6.04 Å². The van der Waals surface area contributed by atoms with Gasteiger partial charge in [0.2, 0.25) is 0 Å². The van der Waals surface area contributed by atoms with E-state index < -0.39 is 0 Å². The van der Waals surface area contributed by atoms with Crippen molar-refractivity contribution in [1.82, 2.24) is 5.43 Å². The SMILES string of the molecule is CC1CC1C(Cc1cccc(Cl)c1F)NN. The predicted octanol–water partition coefficient (Wildman–Crippen LogP) is 2.51. The highest BCUT2D eigenvalue weighted by Crippen LogP contribution is 2.41. The quantitative estimate of drug-likeness (QED) is 0.629. The largest absolute Gasteiger partial charge is 0.271 e. The molecule has 3 unspecified atom stereocenters. The van der Waals surface area contributed by atoms with Crippen LogP contribution >= 0.6 is 11.6 Å². The number of halogens is 2. The maximum atomic E-state index is 13.7. The summed E-state index contributed by atoms with van der Waals surface area (Å²) < 4.78 is 13.7. The molecule has 16 heavy (non-hydrogen) atoms. The van der Waals surface area contributed by atoms with Gasteiger partial charge in [-0.3, -0.25) is 11.3 Å². The van der Waals surface area contributed by atoms with Crippen molar-refractivity contribution in [2.24, 2.45) is 17.7 Å². The topological polar surface area (TPSA) is 38.0 Å². The van der Waals surface area contributed by atoms with Crippen molar-refractivity contribution >= 4 is 11.6 Å². The number of hydrazine groups is 1. The van der Waals surface area contributed by atoms with Crippen LogP contribution in [0.2, 0.25) is 5.02 Å². The third-order valence-corrected chi connectivity index (χ3v) is 3.67. The minimum Gasteiger partial charge on any atom is -0.271 e. The molecule has 1 aromatic rings. The third kappa shape index (κ3) is 2.37. The second-order valence-corrected chi connectivity index (χ2v) is 4.97. The van der Waals surface area contributed by atoms with Crippen molar-refractivity contribution in [3.05, 3.63) is 34.6 Å². The Bertz CT molecular complexity index is 383. The molecule has 0 heterocycles. The molecule has 0 saturated heterocycles. The Kier molecular flexibility index (Phi) is 3.47. The van der Waals surface area contributed by atoms with Crippen LogP contribution in [0.25, 0.3) is 0 Å². The van der Waals surface area contributed by atoms with E-state index in [2.05, 4.69) is 12.3 Å². The molecule has 4 heteroatoms. The molecule has 2 rings (SSSR count). The second kappa shape index (κ2) is 4.70. The minimum atomic E-state index is -0.322. The van der Waals surface area contributed by atoms with Crippen LogP contribution in [-0.4, -0.2) is 6.04 Å². The number of nitrogens with two attached hydrogens (primary N) is 1. The van der Waals surface area contributed by atoms with Crippen LogP contribution in [0.15, 0.2) is 18.2 Å². The lowest BCUT2D eigenvalue weighted by Crippen LogP contribution is -2.39. The molecular formula is C12H16ClFN2. The molecule has 3 N–H and O–H groups in total. The summed E-state index contributed by atoms with van der Waals surface area (Å²) in [6.45, 7) is 2.18. The summed E-state index contributed by atoms with van der Waals surface area (Å²) in [5, 5.41) is 0.178. The number of nitrogens with one attached hydrogen (secondary N) is 1. The standard InChI is InChI=1S/C12H16ClFN2/c1-7-5-9(7)11(16-15)6-8-3-2-4-10(13)12(8)14/h2-4,7,9,11,16H,5-6,15H2,1H3. The summed E-state index contributed by atoms with van der Waals surface area (Å²) in [4.78, 5) is 0. The second-order valence-electron chi connectivity index (χ2n) is 4.57. The van der Waals surface area contributed by atoms with Crippen molar-refractivity contribution in [3.8, 4) is 0 Å². The highest BCUT2D eigenvalue weighted by atomic mass is 35.5. The fourth-order valence-corrected chi connectivity index (χ4v) is 2.38. The average molecular weight is 243 g/mol. The number of hydrogen-bond donors (Lipinski definition) is 2. The summed E-state index contributed by atoms with van der Waals surface area (Å²) in [6.07, 6.45) is 1.76. The summed E-state index contributed by atoms with van der Waals surface area (Å²) in [6, 6.07) is 5.23. The van der Waals surface area contributed by atoms with Gasteiger partial charge >= 0.3 is 0 Å². The van der Waals surface area contributed by atoms with Crippen LogP contribution in [0.4, 0.5) is 4.39 Å². The first kappa shape index (κ1) is 11.8. The van der Waals surface area contributed by atoms with Gasteiger partial charge in [0.05, 0.1) is 5.02 Å². The number of rotatable bonds is 4. The van der Waals surface area contributed by atoms with Gasteiger partial charge in [-0.2, -0.15) is 0 Å². The van der Waals surface area contributed by atoms with Crippen LogP contribution in [0.5, 0.6) is 0 Å². The Morgan fingerprint density at radius 2 is 2.31 bits per heavy atom.